The second-order valence-corrected chi connectivity index (χ2v) is 9.84. The van der Waals surface area contributed by atoms with Gasteiger partial charge in [0.05, 0.1) is 12.1 Å². The van der Waals surface area contributed by atoms with Gasteiger partial charge in [0.1, 0.15) is 0 Å². The van der Waals surface area contributed by atoms with Crippen molar-refractivity contribution in [3.63, 3.8) is 0 Å². The van der Waals surface area contributed by atoms with Crippen LogP contribution in [0.4, 0.5) is 13.2 Å². The van der Waals surface area contributed by atoms with Crippen LogP contribution < -0.4 is 5.32 Å². The van der Waals surface area contributed by atoms with Crippen LogP contribution in [0.15, 0.2) is 29.2 Å². The zero-order chi connectivity index (χ0) is 20.2. The lowest BCUT2D eigenvalue weighted by Crippen LogP contribution is -2.48. The minimum Gasteiger partial charge on any atom is -0.341 e. The number of piperidine rings is 1. The van der Waals surface area contributed by atoms with Crippen molar-refractivity contribution in [2.24, 2.45) is 0 Å². The fourth-order valence-corrected chi connectivity index (χ4v) is 5.29. The van der Waals surface area contributed by atoms with Crippen LogP contribution in [0.1, 0.15) is 57.4 Å². The van der Waals surface area contributed by atoms with Gasteiger partial charge in [-0.25, -0.2) is 0 Å². The molecule has 1 amide bonds. The van der Waals surface area contributed by atoms with Crippen molar-refractivity contribution in [3.8, 4) is 0 Å². The molecule has 0 aromatic heterocycles. The number of nitrogens with zero attached hydrogens (tertiary/aromatic N) is 1. The fourth-order valence-electron chi connectivity index (χ4n) is 4.00. The van der Waals surface area contributed by atoms with E-state index in [9.17, 15) is 18.0 Å². The first-order valence-corrected chi connectivity index (χ1v) is 10.9. The first kappa shape index (κ1) is 21.5. The summed E-state index contributed by atoms with van der Waals surface area (Å²) in [4.78, 5) is 15.0. The van der Waals surface area contributed by atoms with E-state index in [0.29, 0.717) is 30.6 Å². The molecular formula is C21H29F3N2OS. The second-order valence-electron chi connectivity index (χ2n) is 8.17. The lowest BCUT2D eigenvalue weighted by molar-refractivity contribution is -0.137. The van der Waals surface area contributed by atoms with Crippen LogP contribution in [0.25, 0.3) is 0 Å². The molecule has 28 heavy (non-hydrogen) atoms. The lowest BCUT2D eigenvalue weighted by Gasteiger charge is -2.39. The van der Waals surface area contributed by atoms with Crippen molar-refractivity contribution in [3.05, 3.63) is 29.8 Å². The summed E-state index contributed by atoms with van der Waals surface area (Å²) in [6.07, 6.45) is 3.31. The number of likely N-dealkylation sites (tertiary alicyclic amines) is 1. The summed E-state index contributed by atoms with van der Waals surface area (Å²) in [5, 5.41) is 3.40. The number of nitrogens with one attached hydrogen (secondary N) is 1. The molecule has 0 atom stereocenters. The number of alkyl halides is 3. The van der Waals surface area contributed by atoms with E-state index >= 15 is 0 Å². The van der Waals surface area contributed by atoms with Gasteiger partial charge in [-0.1, -0.05) is 25.3 Å². The van der Waals surface area contributed by atoms with E-state index in [4.69, 9.17) is 0 Å². The van der Waals surface area contributed by atoms with Crippen molar-refractivity contribution in [1.29, 1.82) is 0 Å². The van der Waals surface area contributed by atoms with Crippen molar-refractivity contribution in [2.75, 3.05) is 19.6 Å². The van der Waals surface area contributed by atoms with E-state index in [1.807, 2.05) is 4.90 Å². The molecule has 1 aliphatic carbocycles. The highest BCUT2D eigenvalue weighted by atomic mass is 32.2. The smallest absolute Gasteiger partial charge is 0.341 e. The number of carbonyl (C=O) groups is 1. The molecule has 0 radical (unpaired) electrons. The maximum Gasteiger partial charge on any atom is 0.416 e. The average molecular weight is 415 g/mol. The Hall–Kier alpha value is -1.21. The van der Waals surface area contributed by atoms with Gasteiger partial charge in [0, 0.05) is 28.8 Å². The van der Waals surface area contributed by atoms with Gasteiger partial charge in [0.25, 0.3) is 0 Å². The van der Waals surface area contributed by atoms with Crippen molar-refractivity contribution in [2.45, 2.75) is 73.7 Å². The molecule has 1 aromatic rings. The molecule has 2 aliphatic rings. The number of halogens is 3. The summed E-state index contributed by atoms with van der Waals surface area (Å²) in [7, 11) is 0. The summed E-state index contributed by atoms with van der Waals surface area (Å²) in [5.74, 6) is 0.136. The number of rotatable bonds is 5. The summed E-state index contributed by atoms with van der Waals surface area (Å²) >= 11 is 1.49. The minimum atomic E-state index is -4.32. The summed E-state index contributed by atoms with van der Waals surface area (Å²) in [6.45, 7) is 3.80. The number of amides is 1. The normalized spacial score (nSPS) is 20.9. The SMILES string of the molecule is CC1(Sc2cccc(C(F)(F)F)c2)CCN(C(=O)CNC2CCCCC2)CC1. The number of hydrogen-bond donors (Lipinski definition) is 1. The third-order valence-electron chi connectivity index (χ3n) is 5.85. The van der Waals surface area contributed by atoms with Crippen LogP contribution in [-0.2, 0) is 11.0 Å². The van der Waals surface area contributed by atoms with Crippen LogP contribution in [0, 0.1) is 0 Å². The highest BCUT2D eigenvalue weighted by Crippen LogP contribution is 2.42. The van der Waals surface area contributed by atoms with Gasteiger partial charge in [-0.15, -0.1) is 11.8 Å². The fraction of sp³-hybridized carbons (Fsp3) is 0.667. The van der Waals surface area contributed by atoms with E-state index in [-0.39, 0.29) is 10.7 Å². The third-order valence-corrected chi connectivity index (χ3v) is 7.24. The van der Waals surface area contributed by atoms with Crippen LogP contribution in [0.3, 0.4) is 0 Å². The van der Waals surface area contributed by atoms with Gasteiger partial charge in [-0.3, -0.25) is 4.79 Å². The van der Waals surface area contributed by atoms with E-state index in [2.05, 4.69) is 12.2 Å². The number of hydrogen-bond acceptors (Lipinski definition) is 3. The molecule has 1 N–H and O–H groups in total. The zero-order valence-electron chi connectivity index (χ0n) is 16.4. The van der Waals surface area contributed by atoms with Crippen molar-refractivity contribution >= 4 is 17.7 Å². The number of benzene rings is 1. The maximum absolute atomic E-state index is 12.9. The molecule has 0 bridgehead atoms. The minimum absolute atomic E-state index is 0.136. The molecule has 1 aliphatic heterocycles. The molecule has 0 unspecified atom stereocenters. The average Bonchev–Trinajstić information content (AvgIpc) is 2.67. The predicted octanol–water partition coefficient (Wildman–Crippen LogP) is 5.10. The van der Waals surface area contributed by atoms with Gasteiger partial charge in [0.2, 0.25) is 5.91 Å². The Morgan fingerprint density at radius 3 is 2.54 bits per heavy atom. The van der Waals surface area contributed by atoms with E-state index in [1.54, 1.807) is 6.07 Å². The Kier molecular flexibility index (Phi) is 6.97. The molecule has 7 heteroatoms. The van der Waals surface area contributed by atoms with Gasteiger partial charge >= 0.3 is 6.18 Å². The van der Waals surface area contributed by atoms with Gasteiger partial charge < -0.3 is 10.2 Å². The van der Waals surface area contributed by atoms with Crippen molar-refractivity contribution < 1.29 is 18.0 Å². The van der Waals surface area contributed by atoms with Gasteiger partial charge in [0.15, 0.2) is 0 Å². The summed E-state index contributed by atoms with van der Waals surface area (Å²) < 4.78 is 38.6. The Bertz CT molecular complexity index is 666. The van der Waals surface area contributed by atoms with Crippen LogP contribution in [0.5, 0.6) is 0 Å². The van der Waals surface area contributed by atoms with Crippen LogP contribution in [-0.4, -0.2) is 41.2 Å². The molecular weight excluding hydrogens is 385 g/mol. The molecule has 3 rings (SSSR count). The standard InChI is InChI=1S/C21H29F3N2OS/c1-20(28-18-9-5-6-16(14-18)21(22,23)24)10-12-26(13-11-20)19(27)15-25-17-7-3-2-4-8-17/h5-6,9,14,17,25H,2-4,7-8,10-13,15H2,1H3. The highest BCUT2D eigenvalue weighted by molar-refractivity contribution is 8.00. The van der Waals surface area contributed by atoms with Gasteiger partial charge in [-0.2, -0.15) is 13.2 Å². The maximum atomic E-state index is 12.9. The van der Waals surface area contributed by atoms with Gasteiger partial charge in [-0.05, 0) is 50.8 Å². The second kappa shape index (κ2) is 9.08. The van der Waals surface area contributed by atoms with E-state index in [0.717, 1.165) is 31.7 Å². The quantitative estimate of drug-likeness (QED) is 0.727. The first-order valence-electron chi connectivity index (χ1n) is 10.1. The number of thioether (sulfide) groups is 1. The van der Waals surface area contributed by atoms with Crippen molar-refractivity contribution in [1.82, 2.24) is 10.2 Å². The Labute approximate surface area is 169 Å². The molecule has 156 valence electrons. The Morgan fingerprint density at radius 1 is 1.21 bits per heavy atom. The largest absolute Gasteiger partial charge is 0.416 e. The van der Waals surface area contributed by atoms with E-state index < -0.39 is 11.7 Å². The molecule has 0 spiro atoms. The lowest BCUT2D eigenvalue weighted by atomic mass is 9.95. The molecule has 1 saturated heterocycles. The molecule has 1 heterocycles. The zero-order valence-corrected chi connectivity index (χ0v) is 17.2. The molecule has 1 saturated carbocycles. The van der Waals surface area contributed by atoms with Crippen LogP contribution in [0.2, 0.25) is 0 Å². The predicted molar refractivity (Wildman–Crippen MR) is 106 cm³/mol. The highest BCUT2D eigenvalue weighted by Gasteiger charge is 2.34. The summed E-state index contributed by atoms with van der Waals surface area (Å²) in [6, 6.07) is 5.99. The summed E-state index contributed by atoms with van der Waals surface area (Å²) in [5.41, 5.74) is -0.609. The van der Waals surface area contributed by atoms with Crippen LogP contribution >= 0.6 is 11.8 Å². The molecule has 3 nitrogen and oxygen atoms in total. The number of carbonyl (C=O) groups excluding carboxylic acids is 1. The first-order chi connectivity index (χ1) is 13.3. The monoisotopic (exact) mass is 414 g/mol. The third kappa shape index (κ3) is 5.89. The Balaban J connectivity index is 1.49. The Morgan fingerprint density at radius 2 is 1.89 bits per heavy atom. The van der Waals surface area contributed by atoms with E-state index in [1.165, 1.54) is 43.2 Å². The molecule has 1 aromatic carbocycles. The molecule has 2 fully saturated rings. The topological polar surface area (TPSA) is 32.3 Å².